The fourth-order valence-corrected chi connectivity index (χ4v) is 14.9. The average Bonchev–Trinajstić information content (AvgIpc) is 2.69. The number of allylic oxidation sites excluding steroid dienone is 2. The van der Waals surface area contributed by atoms with Crippen molar-refractivity contribution in [2.45, 2.75) is 145 Å². The second kappa shape index (κ2) is 15.1. The molecular weight excluding hydrogens is 545 g/mol. The molecule has 0 saturated heterocycles. The molecule has 0 heterocycles. The maximum atomic E-state index is 7.61. The van der Waals surface area contributed by atoms with Crippen molar-refractivity contribution in [2.24, 2.45) is 22.7 Å². The van der Waals surface area contributed by atoms with Gasteiger partial charge < -0.3 is 13.0 Å². The fraction of sp³-hybridized carbons (Fsp3) is 0.875. The van der Waals surface area contributed by atoms with Crippen molar-refractivity contribution >= 4 is 34.7 Å². The first-order chi connectivity index (χ1) is 17.3. The van der Waals surface area contributed by atoms with E-state index < -0.39 is 34.7 Å². The third-order valence-electron chi connectivity index (χ3n) is 8.82. The minimum atomic E-state index is -2.12. The van der Waals surface area contributed by atoms with Gasteiger partial charge in [-0.2, -0.15) is 0 Å². The zero-order chi connectivity index (χ0) is 31.1. The third kappa shape index (κ3) is 13.8. The maximum absolute atomic E-state index is 7.61. The molecule has 0 bridgehead atoms. The molecule has 7 heteroatoms. The second-order valence-corrected chi connectivity index (χ2v) is 31.5. The standard InChI is InChI=1S/C32H70O3Si4/c1-29(2,3)27(25-33-36(13)14)21-19-23-38(17,31(7,8)9)35-39(18,32(10,11)12)24-20-22-28(30(4,5)6)26-34-37(15)16/h19-22,27-28,36-37H,23-26H2,1-18H3. The van der Waals surface area contributed by atoms with Crippen LogP contribution in [0.2, 0.25) is 61.4 Å². The van der Waals surface area contributed by atoms with Crippen LogP contribution in [0, 0.1) is 22.7 Å². The summed E-state index contributed by atoms with van der Waals surface area (Å²) in [5.41, 5.74) is 0.371. The van der Waals surface area contributed by atoms with E-state index in [9.17, 15) is 0 Å². The highest BCUT2D eigenvalue weighted by atomic mass is 28.4. The van der Waals surface area contributed by atoms with Gasteiger partial charge in [-0.25, -0.2) is 0 Å². The van der Waals surface area contributed by atoms with Crippen molar-refractivity contribution in [1.29, 1.82) is 0 Å². The molecule has 0 spiro atoms. The van der Waals surface area contributed by atoms with Gasteiger partial charge in [0.05, 0.1) is 0 Å². The van der Waals surface area contributed by atoms with Gasteiger partial charge in [-0.15, -0.1) is 0 Å². The van der Waals surface area contributed by atoms with Crippen LogP contribution in [0.5, 0.6) is 0 Å². The predicted molar refractivity (Wildman–Crippen MR) is 187 cm³/mol. The number of hydrogen-bond donors (Lipinski definition) is 0. The van der Waals surface area contributed by atoms with Crippen LogP contribution < -0.4 is 0 Å². The molecule has 39 heavy (non-hydrogen) atoms. The summed E-state index contributed by atoms with van der Waals surface area (Å²) in [7, 11) is -6.32. The van der Waals surface area contributed by atoms with Crippen molar-refractivity contribution in [3.63, 3.8) is 0 Å². The first-order valence-electron chi connectivity index (χ1n) is 15.5. The van der Waals surface area contributed by atoms with Crippen molar-refractivity contribution in [3.8, 4) is 0 Å². The van der Waals surface area contributed by atoms with Crippen LogP contribution >= 0.6 is 0 Å². The van der Waals surface area contributed by atoms with Gasteiger partial charge in [0.15, 0.2) is 34.7 Å². The molecule has 0 radical (unpaired) electrons. The first-order valence-corrected chi connectivity index (χ1v) is 26.3. The van der Waals surface area contributed by atoms with E-state index in [2.05, 4.69) is 147 Å². The summed E-state index contributed by atoms with van der Waals surface area (Å²) in [6.45, 7) is 44.1. The second-order valence-electron chi connectivity index (χ2n) is 17.0. The Morgan fingerprint density at radius 2 is 0.846 bits per heavy atom. The van der Waals surface area contributed by atoms with Gasteiger partial charge >= 0.3 is 0 Å². The van der Waals surface area contributed by atoms with Crippen molar-refractivity contribution < 1.29 is 13.0 Å². The number of rotatable bonds is 14. The summed E-state index contributed by atoms with van der Waals surface area (Å²) < 4.78 is 20.0. The molecule has 4 atom stereocenters. The minimum Gasteiger partial charge on any atom is -0.454 e. The third-order valence-corrected chi connectivity index (χ3v) is 22.5. The summed E-state index contributed by atoms with van der Waals surface area (Å²) in [5.74, 6) is 0.843. The van der Waals surface area contributed by atoms with Crippen LogP contribution in [-0.2, 0) is 13.0 Å². The van der Waals surface area contributed by atoms with E-state index in [-0.39, 0.29) is 20.9 Å². The monoisotopic (exact) mass is 614 g/mol. The Balaban J connectivity index is 6.09. The number of hydrogen-bond acceptors (Lipinski definition) is 3. The lowest BCUT2D eigenvalue weighted by Crippen LogP contribution is -2.56. The topological polar surface area (TPSA) is 27.7 Å². The largest absolute Gasteiger partial charge is 0.454 e. The normalized spacial score (nSPS) is 19.2. The molecule has 0 aliphatic carbocycles. The van der Waals surface area contributed by atoms with Crippen LogP contribution in [0.3, 0.4) is 0 Å². The molecule has 4 unspecified atom stereocenters. The van der Waals surface area contributed by atoms with E-state index >= 15 is 0 Å². The SMILES string of the molecule is C[SiH](C)OCC(C=CC[Si](C)(O[Si](C)(CC=CC(CO[SiH](C)C)C(C)(C)C)C(C)(C)C)C(C)(C)C)C(C)(C)C. The Morgan fingerprint density at radius 3 is 1.05 bits per heavy atom. The highest BCUT2D eigenvalue weighted by molar-refractivity contribution is 6.89. The molecule has 0 aromatic carbocycles. The lowest BCUT2D eigenvalue weighted by atomic mass is 9.81. The molecular formula is C32H70O3Si4. The molecule has 3 nitrogen and oxygen atoms in total. The van der Waals surface area contributed by atoms with E-state index in [4.69, 9.17) is 13.0 Å². The Hall–Kier alpha value is 0.228. The lowest BCUT2D eigenvalue weighted by Gasteiger charge is -2.50. The molecule has 0 rings (SSSR count). The quantitative estimate of drug-likeness (QED) is 0.144. The fourth-order valence-electron chi connectivity index (χ4n) is 4.19. The van der Waals surface area contributed by atoms with Crippen LogP contribution in [-0.4, -0.2) is 47.9 Å². The highest BCUT2D eigenvalue weighted by Gasteiger charge is 2.50. The van der Waals surface area contributed by atoms with Crippen molar-refractivity contribution in [1.82, 2.24) is 0 Å². The zero-order valence-electron chi connectivity index (χ0n) is 29.7. The van der Waals surface area contributed by atoms with Gasteiger partial charge in [0, 0.05) is 25.0 Å². The van der Waals surface area contributed by atoms with Crippen LogP contribution in [0.1, 0.15) is 83.1 Å². The molecule has 0 N–H and O–H groups in total. The van der Waals surface area contributed by atoms with Crippen LogP contribution in [0.25, 0.3) is 0 Å². The Kier molecular flexibility index (Phi) is 15.2. The smallest absolute Gasteiger partial charge is 0.185 e. The molecule has 0 amide bonds. The summed E-state index contributed by atoms with van der Waals surface area (Å²) in [6.07, 6.45) is 9.79. The van der Waals surface area contributed by atoms with Crippen molar-refractivity contribution in [3.05, 3.63) is 24.3 Å². The van der Waals surface area contributed by atoms with Gasteiger partial charge in [0.2, 0.25) is 0 Å². The van der Waals surface area contributed by atoms with Gasteiger partial charge in [0.1, 0.15) is 0 Å². The Morgan fingerprint density at radius 1 is 0.564 bits per heavy atom. The first kappa shape index (κ1) is 39.2. The highest BCUT2D eigenvalue weighted by Crippen LogP contribution is 2.48. The summed E-state index contributed by atoms with van der Waals surface area (Å²) in [5, 5.41) is 0.283. The van der Waals surface area contributed by atoms with Crippen LogP contribution in [0.15, 0.2) is 24.3 Å². The average molecular weight is 615 g/mol. The zero-order valence-corrected chi connectivity index (χ0v) is 34.0. The predicted octanol–water partition coefficient (Wildman–Crippen LogP) is 10.2. The van der Waals surface area contributed by atoms with Gasteiger partial charge in [-0.3, -0.25) is 0 Å². The van der Waals surface area contributed by atoms with E-state index in [1.165, 1.54) is 0 Å². The molecule has 0 aromatic heterocycles. The summed E-state index contributed by atoms with van der Waals surface area (Å²) in [4.78, 5) is 0. The Labute approximate surface area is 251 Å². The molecule has 0 saturated carbocycles. The summed E-state index contributed by atoms with van der Waals surface area (Å²) >= 11 is 0. The molecule has 0 aliphatic rings. The van der Waals surface area contributed by atoms with Gasteiger partial charge in [-0.05, 0) is 72.3 Å². The van der Waals surface area contributed by atoms with Gasteiger partial charge in [-0.1, -0.05) is 107 Å². The molecule has 0 aliphatic heterocycles. The van der Waals surface area contributed by atoms with E-state index in [0.29, 0.717) is 11.8 Å². The van der Waals surface area contributed by atoms with E-state index in [1.807, 2.05) is 0 Å². The molecule has 232 valence electrons. The van der Waals surface area contributed by atoms with Crippen molar-refractivity contribution in [2.75, 3.05) is 13.2 Å². The minimum absolute atomic E-state index is 0.142. The van der Waals surface area contributed by atoms with Crippen LogP contribution in [0.4, 0.5) is 0 Å². The molecule has 0 fully saturated rings. The molecule has 0 aromatic rings. The lowest BCUT2D eigenvalue weighted by molar-refractivity contribution is 0.184. The van der Waals surface area contributed by atoms with Gasteiger partial charge in [0.25, 0.3) is 0 Å². The van der Waals surface area contributed by atoms with E-state index in [1.54, 1.807) is 0 Å². The Bertz CT molecular complexity index is 702. The summed E-state index contributed by atoms with van der Waals surface area (Å²) in [6, 6.07) is 2.09. The van der Waals surface area contributed by atoms with E-state index in [0.717, 1.165) is 25.3 Å². The maximum Gasteiger partial charge on any atom is 0.185 e.